The van der Waals surface area contributed by atoms with Gasteiger partial charge in [0.25, 0.3) is 0 Å². The van der Waals surface area contributed by atoms with Crippen LogP contribution in [0.15, 0.2) is 53.5 Å². The van der Waals surface area contributed by atoms with Gasteiger partial charge in [0.1, 0.15) is 11.5 Å². The molecular weight excluding hydrogens is 318 g/mol. The minimum absolute atomic E-state index is 0.234. The first-order valence-electron chi connectivity index (χ1n) is 8.26. The van der Waals surface area contributed by atoms with Crippen LogP contribution in [0.5, 0.6) is 11.5 Å². The van der Waals surface area contributed by atoms with E-state index in [1.54, 1.807) is 6.92 Å². The molecule has 6 heteroatoms. The molecule has 0 bridgehead atoms. The smallest absolute Gasteiger partial charge is 0.307 e. The Morgan fingerprint density at radius 1 is 1.20 bits per heavy atom. The standard InChI is InChI=1S/C19H21N3O3/c1-2-24-18(23)10-11-22-13-14-12-16(8-9-17(14)21-19(22)20)25-15-6-4-3-5-7-15/h3-9,12H,2,10-11,13H2,1H3,(H2,20,21). The van der Waals surface area contributed by atoms with Crippen LogP contribution in [0.3, 0.4) is 0 Å². The average molecular weight is 339 g/mol. The number of nitrogens with zero attached hydrogens (tertiary/aromatic N) is 2. The molecule has 1 aliphatic rings. The summed E-state index contributed by atoms with van der Waals surface area (Å²) in [5, 5.41) is 0. The normalized spacial score (nSPS) is 13.0. The molecule has 0 saturated carbocycles. The van der Waals surface area contributed by atoms with Gasteiger partial charge in [0.15, 0.2) is 5.96 Å². The SMILES string of the molecule is CCOC(=O)CCN1Cc2cc(Oc3ccccc3)ccc2N=C1N. The highest BCUT2D eigenvalue weighted by molar-refractivity contribution is 5.84. The molecule has 25 heavy (non-hydrogen) atoms. The average Bonchev–Trinajstić information content (AvgIpc) is 2.61. The number of hydrogen-bond acceptors (Lipinski definition) is 6. The monoisotopic (exact) mass is 339 g/mol. The lowest BCUT2D eigenvalue weighted by atomic mass is 10.1. The Labute approximate surface area is 146 Å². The Morgan fingerprint density at radius 2 is 2.00 bits per heavy atom. The first kappa shape index (κ1) is 16.8. The topological polar surface area (TPSA) is 77.1 Å². The van der Waals surface area contributed by atoms with Gasteiger partial charge in [-0.1, -0.05) is 18.2 Å². The van der Waals surface area contributed by atoms with Crippen LogP contribution in [0.4, 0.5) is 5.69 Å². The van der Waals surface area contributed by atoms with Gasteiger partial charge < -0.3 is 20.1 Å². The maximum atomic E-state index is 11.5. The Balaban J connectivity index is 1.70. The summed E-state index contributed by atoms with van der Waals surface area (Å²) in [6.07, 6.45) is 0.277. The Morgan fingerprint density at radius 3 is 2.76 bits per heavy atom. The number of fused-ring (bicyclic) bond motifs is 1. The lowest BCUT2D eigenvalue weighted by Crippen LogP contribution is -2.40. The minimum atomic E-state index is -0.234. The molecule has 1 aliphatic heterocycles. The van der Waals surface area contributed by atoms with Gasteiger partial charge in [0.05, 0.1) is 18.7 Å². The lowest BCUT2D eigenvalue weighted by Gasteiger charge is -2.28. The van der Waals surface area contributed by atoms with Crippen molar-refractivity contribution in [1.29, 1.82) is 0 Å². The third-order valence-electron chi connectivity index (χ3n) is 3.84. The van der Waals surface area contributed by atoms with Crippen LogP contribution in [-0.2, 0) is 16.1 Å². The molecule has 2 aromatic carbocycles. The maximum Gasteiger partial charge on any atom is 0.307 e. The van der Waals surface area contributed by atoms with Crippen molar-refractivity contribution in [3.8, 4) is 11.5 Å². The Hall–Kier alpha value is -3.02. The van der Waals surface area contributed by atoms with Crippen molar-refractivity contribution in [1.82, 2.24) is 4.90 Å². The minimum Gasteiger partial charge on any atom is -0.466 e. The summed E-state index contributed by atoms with van der Waals surface area (Å²) in [6.45, 7) is 3.22. The van der Waals surface area contributed by atoms with E-state index in [0.29, 0.717) is 25.7 Å². The molecule has 130 valence electrons. The second-order valence-electron chi connectivity index (χ2n) is 5.65. The fraction of sp³-hybridized carbons (Fsp3) is 0.263. The van der Waals surface area contributed by atoms with Crippen molar-refractivity contribution in [3.05, 3.63) is 54.1 Å². The summed E-state index contributed by atoms with van der Waals surface area (Å²) in [4.78, 5) is 17.8. The lowest BCUT2D eigenvalue weighted by molar-refractivity contribution is -0.143. The van der Waals surface area contributed by atoms with Crippen molar-refractivity contribution in [2.24, 2.45) is 10.7 Å². The van der Waals surface area contributed by atoms with Crippen LogP contribution in [0.2, 0.25) is 0 Å². The van der Waals surface area contributed by atoms with Crippen molar-refractivity contribution in [3.63, 3.8) is 0 Å². The van der Waals surface area contributed by atoms with Crippen LogP contribution in [0, 0.1) is 0 Å². The van der Waals surface area contributed by atoms with Crippen molar-refractivity contribution in [2.75, 3.05) is 13.2 Å². The molecule has 0 unspecified atom stereocenters. The van der Waals surface area contributed by atoms with E-state index in [2.05, 4.69) is 4.99 Å². The number of esters is 1. The van der Waals surface area contributed by atoms with E-state index in [-0.39, 0.29) is 12.4 Å². The van der Waals surface area contributed by atoms with Crippen LogP contribution >= 0.6 is 0 Å². The maximum absolute atomic E-state index is 11.5. The second kappa shape index (κ2) is 7.70. The number of hydrogen-bond donors (Lipinski definition) is 1. The van der Waals surface area contributed by atoms with Gasteiger partial charge in [-0.3, -0.25) is 4.79 Å². The van der Waals surface area contributed by atoms with Gasteiger partial charge in [-0.05, 0) is 37.3 Å². The van der Waals surface area contributed by atoms with Gasteiger partial charge in [0, 0.05) is 18.7 Å². The van der Waals surface area contributed by atoms with Gasteiger partial charge in [0.2, 0.25) is 0 Å². The summed E-state index contributed by atoms with van der Waals surface area (Å²) in [7, 11) is 0. The molecule has 2 aromatic rings. The number of carbonyl (C=O) groups is 1. The third kappa shape index (κ3) is 4.29. The zero-order valence-corrected chi connectivity index (χ0v) is 14.1. The van der Waals surface area contributed by atoms with Gasteiger partial charge >= 0.3 is 5.97 Å². The molecule has 6 nitrogen and oxygen atoms in total. The van der Waals surface area contributed by atoms with Crippen molar-refractivity contribution >= 4 is 17.6 Å². The quantitative estimate of drug-likeness (QED) is 0.818. The highest BCUT2D eigenvalue weighted by Crippen LogP contribution is 2.31. The first-order chi connectivity index (χ1) is 12.2. The summed E-state index contributed by atoms with van der Waals surface area (Å²) >= 11 is 0. The van der Waals surface area contributed by atoms with E-state index in [9.17, 15) is 4.79 Å². The molecule has 2 N–H and O–H groups in total. The van der Waals surface area contributed by atoms with E-state index in [1.807, 2.05) is 53.4 Å². The summed E-state index contributed by atoms with van der Waals surface area (Å²) in [6, 6.07) is 15.3. The molecule has 1 heterocycles. The highest BCUT2D eigenvalue weighted by Gasteiger charge is 2.19. The molecule has 0 amide bonds. The van der Waals surface area contributed by atoms with Crippen LogP contribution in [0.1, 0.15) is 18.9 Å². The first-order valence-corrected chi connectivity index (χ1v) is 8.26. The molecule has 0 aromatic heterocycles. The third-order valence-corrected chi connectivity index (χ3v) is 3.84. The number of ether oxygens (including phenoxy) is 2. The van der Waals surface area contributed by atoms with Crippen LogP contribution in [-0.4, -0.2) is 30.0 Å². The molecule has 0 saturated heterocycles. The van der Waals surface area contributed by atoms with Gasteiger partial charge in [-0.25, -0.2) is 4.99 Å². The number of para-hydroxylation sites is 1. The largest absolute Gasteiger partial charge is 0.466 e. The summed E-state index contributed by atoms with van der Waals surface area (Å²) in [5.41, 5.74) is 7.84. The Bertz CT molecular complexity index is 775. The molecule has 0 fully saturated rings. The molecule has 0 radical (unpaired) electrons. The number of carbonyl (C=O) groups excluding carboxylic acids is 1. The molecule has 3 rings (SSSR count). The molecular formula is C19H21N3O3. The van der Waals surface area contributed by atoms with E-state index < -0.39 is 0 Å². The van der Waals surface area contributed by atoms with Crippen LogP contribution < -0.4 is 10.5 Å². The van der Waals surface area contributed by atoms with E-state index in [4.69, 9.17) is 15.2 Å². The Kier molecular flexibility index (Phi) is 5.18. The number of benzene rings is 2. The molecule has 0 spiro atoms. The molecule has 0 aliphatic carbocycles. The van der Waals surface area contributed by atoms with E-state index in [1.165, 1.54) is 0 Å². The van der Waals surface area contributed by atoms with Crippen LogP contribution in [0.25, 0.3) is 0 Å². The number of nitrogens with two attached hydrogens (primary N) is 1. The number of guanidine groups is 1. The van der Waals surface area contributed by atoms with Gasteiger partial charge in [-0.15, -0.1) is 0 Å². The van der Waals surface area contributed by atoms with Gasteiger partial charge in [-0.2, -0.15) is 0 Å². The van der Waals surface area contributed by atoms with E-state index >= 15 is 0 Å². The highest BCUT2D eigenvalue weighted by atomic mass is 16.5. The van der Waals surface area contributed by atoms with E-state index in [0.717, 1.165) is 22.7 Å². The number of rotatable bonds is 6. The number of aliphatic imine (C=N–C) groups is 1. The zero-order chi connectivity index (χ0) is 17.6. The zero-order valence-electron chi connectivity index (χ0n) is 14.1. The predicted molar refractivity (Wildman–Crippen MR) is 95.9 cm³/mol. The summed E-state index contributed by atoms with van der Waals surface area (Å²) < 4.78 is 10.8. The molecule has 0 atom stereocenters. The fourth-order valence-corrected chi connectivity index (χ4v) is 2.62. The fourth-order valence-electron chi connectivity index (χ4n) is 2.62. The predicted octanol–water partition coefficient (Wildman–Crippen LogP) is 3.19. The van der Waals surface area contributed by atoms with Crippen molar-refractivity contribution in [2.45, 2.75) is 19.9 Å². The summed E-state index contributed by atoms with van der Waals surface area (Å²) in [5.74, 6) is 1.70. The second-order valence-corrected chi connectivity index (χ2v) is 5.65. The van der Waals surface area contributed by atoms with Crippen molar-refractivity contribution < 1.29 is 14.3 Å².